The lowest BCUT2D eigenvalue weighted by molar-refractivity contribution is -0.131. The van der Waals surface area contributed by atoms with Gasteiger partial charge < -0.3 is 14.3 Å². The molecule has 33 heavy (non-hydrogen) atoms. The van der Waals surface area contributed by atoms with Crippen molar-refractivity contribution in [2.45, 2.75) is 25.2 Å². The molecule has 1 amide bonds. The van der Waals surface area contributed by atoms with Crippen LogP contribution in [0.5, 0.6) is 0 Å². The summed E-state index contributed by atoms with van der Waals surface area (Å²) in [5.41, 5.74) is 3.06. The summed E-state index contributed by atoms with van der Waals surface area (Å²) in [5.74, 6) is 0.135. The van der Waals surface area contributed by atoms with E-state index in [2.05, 4.69) is 10.1 Å². The lowest BCUT2D eigenvalue weighted by atomic mass is 10.1. The van der Waals surface area contributed by atoms with Gasteiger partial charge in [-0.1, -0.05) is 28.9 Å². The standard InChI is InChI=1S/C24H26ClN3O4S/c1-17-3-4-19(22-15-18(2)26-32-22)16-23(17)33(30,31)14-9-24(29)28-12-10-27(11-13-28)21-7-5-20(25)6-8-21/h3-8,15-16H,9-14H2,1-2H3. The van der Waals surface area contributed by atoms with Gasteiger partial charge in [0.05, 0.1) is 16.3 Å². The maximum Gasteiger partial charge on any atom is 0.223 e. The predicted molar refractivity (Wildman–Crippen MR) is 128 cm³/mol. The van der Waals surface area contributed by atoms with Crippen molar-refractivity contribution < 1.29 is 17.7 Å². The Morgan fingerprint density at radius 3 is 2.36 bits per heavy atom. The molecule has 0 N–H and O–H groups in total. The number of anilines is 1. The summed E-state index contributed by atoms with van der Waals surface area (Å²) in [6, 6.07) is 14.5. The molecule has 2 heterocycles. The van der Waals surface area contributed by atoms with Crippen LogP contribution in [0.3, 0.4) is 0 Å². The molecule has 9 heteroatoms. The van der Waals surface area contributed by atoms with Crippen LogP contribution in [0.25, 0.3) is 11.3 Å². The number of amides is 1. The fraction of sp³-hybridized carbons (Fsp3) is 0.333. The van der Waals surface area contributed by atoms with Gasteiger partial charge in [-0.2, -0.15) is 0 Å². The Morgan fingerprint density at radius 2 is 1.73 bits per heavy atom. The summed E-state index contributed by atoms with van der Waals surface area (Å²) in [5, 5.41) is 4.55. The molecule has 1 aromatic heterocycles. The van der Waals surface area contributed by atoms with Gasteiger partial charge in [0.2, 0.25) is 5.91 Å². The van der Waals surface area contributed by atoms with E-state index in [4.69, 9.17) is 16.1 Å². The maximum absolute atomic E-state index is 13.1. The third-order valence-electron chi connectivity index (χ3n) is 5.84. The van der Waals surface area contributed by atoms with Gasteiger partial charge in [0, 0.05) is 54.9 Å². The summed E-state index contributed by atoms with van der Waals surface area (Å²) >= 11 is 5.95. The monoisotopic (exact) mass is 487 g/mol. The van der Waals surface area contributed by atoms with Crippen molar-refractivity contribution in [3.05, 3.63) is 64.8 Å². The molecule has 2 aromatic carbocycles. The largest absolute Gasteiger partial charge is 0.368 e. The smallest absolute Gasteiger partial charge is 0.223 e. The van der Waals surface area contributed by atoms with Crippen LogP contribution in [0.1, 0.15) is 17.7 Å². The lowest BCUT2D eigenvalue weighted by Crippen LogP contribution is -2.49. The normalized spacial score (nSPS) is 14.5. The fourth-order valence-electron chi connectivity index (χ4n) is 3.94. The van der Waals surface area contributed by atoms with Crippen molar-refractivity contribution in [1.29, 1.82) is 0 Å². The van der Waals surface area contributed by atoms with E-state index in [9.17, 15) is 13.2 Å². The molecular weight excluding hydrogens is 462 g/mol. The third kappa shape index (κ3) is 5.39. The predicted octanol–water partition coefficient (Wildman–Crippen LogP) is 4.12. The molecule has 0 bridgehead atoms. The van der Waals surface area contributed by atoms with E-state index in [1.54, 1.807) is 43.0 Å². The van der Waals surface area contributed by atoms with Crippen molar-refractivity contribution in [3.8, 4) is 11.3 Å². The number of sulfone groups is 1. The summed E-state index contributed by atoms with van der Waals surface area (Å²) in [6.45, 7) is 6.05. The van der Waals surface area contributed by atoms with Crippen LogP contribution in [0.2, 0.25) is 5.02 Å². The lowest BCUT2D eigenvalue weighted by Gasteiger charge is -2.36. The molecule has 0 saturated carbocycles. The first kappa shape index (κ1) is 23.3. The highest BCUT2D eigenvalue weighted by Crippen LogP contribution is 2.27. The van der Waals surface area contributed by atoms with Crippen LogP contribution < -0.4 is 4.90 Å². The van der Waals surface area contributed by atoms with E-state index < -0.39 is 9.84 Å². The minimum atomic E-state index is -3.64. The van der Waals surface area contributed by atoms with Crippen molar-refractivity contribution in [3.63, 3.8) is 0 Å². The Labute approximate surface area is 198 Å². The third-order valence-corrected chi connectivity index (χ3v) is 7.95. The number of piperazine rings is 1. The Balaban J connectivity index is 1.37. The summed E-state index contributed by atoms with van der Waals surface area (Å²) in [7, 11) is -3.64. The molecule has 1 aliphatic rings. The Kier molecular flexibility index (Phi) is 6.76. The van der Waals surface area contributed by atoms with Gasteiger partial charge in [0.25, 0.3) is 0 Å². The highest BCUT2D eigenvalue weighted by atomic mass is 35.5. The van der Waals surface area contributed by atoms with Gasteiger partial charge in [-0.3, -0.25) is 4.79 Å². The van der Waals surface area contributed by atoms with Gasteiger partial charge in [0.15, 0.2) is 15.6 Å². The minimum Gasteiger partial charge on any atom is -0.368 e. The van der Waals surface area contributed by atoms with Crippen LogP contribution in [0, 0.1) is 13.8 Å². The zero-order valence-electron chi connectivity index (χ0n) is 18.6. The number of rotatable bonds is 6. The SMILES string of the molecule is Cc1cc(-c2ccc(C)c(S(=O)(=O)CCC(=O)N3CCN(c4ccc(Cl)cc4)CC3)c2)on1. The van der Waals surface area contributed by atoms with E-state index in [0.29, 0.717) is 48.1 Å². The molecule has 174 valence electrons. The Hall–Kier alpha value is -2.84. The van der Waals surface area contributed by atoms with Gasteiger partial charge >= 0.3 is 0 Å². The molecule has 0 spiro atoms. The molecule has 1 saturated heterocycles. The van der Waals surface area contributed by atoms with E-state index in [1.807, 2.05) is 24.3 Å². The molecule has 0 atom stereocenters. The molecule has 1 fully saturated rings. The maximum atomic E-state index is 13.1. The number of aryl methyl sites for hydroxylation is 2. The second-order valence-corrected chi connectivity index (χ2v) is 10.7. The van der Waals surface area contributed by atoms with Crippen LogP contribution in [-0.4, -0.2) is 56.3 Å². The highest BCUT2D eigenvalue weighted by molar-refractivity contribution is 7.91. The topological polar surface area (TPSA) is 83.7 Å². The van der Waals surface area contributed by atoms with E-state index in [-0.39, 0.29) is 23.0 Å². The fourth-order valence-corrected chi connectivity index (χ4v) is 5.60. The summed E-state index contributed by atoms with van der Waals surface area (Å²) in [6.07, 6.45) is -0.0473. The molecule has 0 radical (unpaired) electrons. The molecule has 0 unspecified atom stereocenters. The molecular formula is C24H26ClN3O4S. The average molecular weight is 488 g/mol. The van der Waals surface area contributed by atoms with Crippen molar-refractivity contribution in [1.82, 2.24) is 10.1 Å². The number of hydrogen-bond donors (Lipinski definition) is 0. The van der Waals surface area contributed by atoms with Gasteiger partial charge in [0.1, 0.15) is 0 Å². The quantitative estimate of drug-likeness (QED) is 0.520. The van der Waals surface area contributed by atoms with Crippen molar-refractivity contribution in [2.24, 2.45) is 0 Å². The van der Waals surface area contributed by atoms with E-state index in [0.717, 1.165) is 11.4 Å². The number of carbonyl (C=O) groups excluding carboxylic acids is 1. The second-order valence-electron chi connectivity index (χ2n) is 8.23. The minimum absolute atomic E-state index is 0.0473. The number of aromatic nitrogens is 1. The van der Waals surface area contributed by atoms with Gasteiger partial charge in [-0.25, -0.2) is 8.42 Å². The van der Waals surface area contributed by atoms with Crippen LogP contribution >= 0.6 is 11.6 Å². The van der Waals surface area contributed by atoms with E-state index in [1.165, 1.54) is 0 Å². The van der Waals surface area contributed by atoms with Crippen molar-refractivity contribution >= 4 is 33.0 Å². The number of hydrogen-bond acceptors (Lipinski definition) is 6. The number of nitrogens with zero attached hydrogens (tertiary/aromatic N) is 3. The van der Waals surface area contributed by atoms with Gasteiger partial charge in [-0.05, 0) is 49.7 Å². The van der Waals surface area contributed by atoms with Gasteiger partial charge in [-0.15, -0.1) is 0 Å². The van der Waals surface area contributed by atoms with Crippen LogP contribution in [0.4, 0.5) is 5.69 Å². The highest BCUT2D eigenvalue weighted by Gasteiger charge is 2.25. The Bertz CT molecular complexity index is 1250. The number of carbonyl (C=O) groups is 1. The van der Waals surface area contributed by atoms with Crippen LogP contribution in [0.15, 0.2) is 57.9 Å². The zero-order chi connectivity index (χ0) is 23.6. The van der Waals surface area contributed by atoms with Crippen LogP contribution in [-0.2, 0) is 14.6 Å². The average Bonchev–Trinajstić information content (AvgIpc) is 3.24. The summed E-state index contributed by atoms with van der Waals surface area (Å²) in [4.78, 5) is 16.9. The van der Waals surface area contributed by atoms with Crippen molar-refractivity contribution in [2.75, 3.05) is 36.8 Å². The molecule has 4 rings (SSSR count). The summed E-state index contributed by atoms with van der Waals surface area (Å²) < 4.78 is 31.4. The zero-order valence-corrected chi connectivity index (χ0v) is 20.2. The number of halogens is 1. The second kappa shape index (κ2) is 9.57. The molecule has 3 aromatic rings. The number of benzene rings is 2. The molecule has 7 nitrogen and oxygen atoms in total. The molecule has 1 aliphatic heterocycles. The first-order valence-electron chi connectivity index (χ1n) is 10.8. The first-order chi connectivity index (χ1) is 15.7. The first-order valence-corrected chi connectivity index (χ1v) is 12.8. The molecule has 0 aliphatic carbocycles. The van der Waals surface area contributed by atoms with E-state index >= 15 is 0 Å². The Morgan fingerprint density at radius 1 is 1.03 bits per heavy atom.